The number of rotatable bonds is 4. The highest BCUT2D eigenvalue weighted by Gasteiger charge is 2.13. The summed E-state index contributed by atoms with van der Waals surface area (Å²) < 4.78 is 0. The summed E-state index contributed by atoms with van der Waals surface area (Å²) in [6.45, 7) is 0.736. The lowest BCUT2D eigenvalue weighted by atomic mass is 9.87. The lowest BCUT2D eigenvalue weighted by Crippen LogP contribution is -2.27. The van der Waals surface area contributed by atoms with Gasteiger partial charge in [0.2, 0.25) is 0 Å². The van der Waals surface area contributed by atoms with Crippen LogP contribution in [0.15, 0.2) is 18.2 Å². The maximum atomic E-state index is 11.8. The molecule has 0 radical (unpaired) electrons. The zero-order valence-electron chi connectivity index (χ0n) is 11.1. The SMILES string of the molecule is Cl.Nc1cccc(C(=O)NCCC2CCCCC2)n1. The minimum absolute atomic E-state index is 0. The molecule has 0 saturated heterocycles. The number of aromatic nitrogens is 1. The van der Waals surface area contributed by atoms with Crippen molar-refractivity contribution in [3.8, 4) is 0 Å². The quantitative estimate of drug-likeness (QED) is 0.893. The summed E-state index contributed by atoms with van der Waals surface area (Å²) in [5.41, 5.74) is 5.95. The largest absolute Gasteiger partial charge is 0.384 e. The van der Waals surface area contributed by atoms with Crippen molar-refractivity contribution in [2.24, 2.45) is 5.92 Å². The molecule has 1 fully saturated rings. The van der Waals surface area contributed by atoms with Gasteiger partial charge >= 0.3 is 0 Å². The lowest BCUT2D eigenvalue weighted by Gasteiger charge is -2.21. The minimum Gasteiger partial charge on any atom is -0.384 e. The van der Waals surface area contributed by atoms with Gasteiger partial charge in [-0.2, -0.15) is 0 Å². The van der Waals surface area contributed by atoms with Crippen LogP contribution < -0.4 is 11.1 Å². The number of hydrogen-bond donors (Lipinski definition) is 2. The Morgan fingerprint density at radius 3 is 2.74 bits per heavy atom. The molecule has 0 unspecified atom stereocenters. The van der Waals surface area contributed by atoms with E-state index in [4.69, 9.17) is 5.73 Å². The molecule has 19 heavy (non-hydrogen) atoms. The fourth-order valence-electron chi connectivity index (χ4n) is 2.53. The molecule has 1 aromatic heterocycles. The summed E-state index contributed by atoms with van der Waals surface area (Å²) in [6.07, 6.45) is 7.76. The average Bonchev–Trinajstić information content (AvgIpc) is 2.40. The Balaban J connectivity index is 0.00000180. The molecule has 3 N–H and O–H groups in total. The third-order valence-electron chi connectivity index (χ3n) is 3.57. The summed E-state index contributed by atoms with van der Waals surface area (Å²) in [4.78, 5) is 15.8. The van der Waals surface area contributed by atoms with E-state index in [1.54, 1.807) is 18.2 Å². The third kappa shape index (κ3) is 5.07. The molecule has 1 aromatic rings. The summed E-state index contributed by atoms with van der Waals surface area (Å²) in [6, 6.07) is 5.11. The Kier molecular flexibility index (Phi) is 6.64. The lowest BCUT2D eigenvalue weighted by molar-refractivity contribution is 0.0945. The van der Waals surface area contributed by atoms with Gasteiger partial charge in [0.25, 0.3) is 5.91 Å². The van der Waals surface area contributed by atoms with E-state index in [1.165, 1.54) is 32.1 Å². The van der Waals surface area contributed by atoms with Gasteiger partial charge in [-0.3, -0.25) is 4.79 Å². The van der Waals surface area contributed by atoms with Gasteiger partial charge in [0, 0.05) is 6.54 Å². The molecule has 1 aliphatic rings. The van der Waals surface area contributed by atoms with Gasteiger partial charge in [-0.05, 0) is 24.5 Å². The van der Waals surface area contributed by atoms with E-state index in [9.17, 15) is 4.79 Å². The predicted molar refractivity (Wildman–Crippen MR) is 79.4 cm³/mol. The van der Waals surface area contributed by atoms with Crippen molar-refractivity contribution in [3.05, 3.63) is 23.9 Å². The second kappa shape index (κ2) is 8.00. The number of nitrogen functional groups attached to an aromatic ring is 1. The van der Waals surface area contributed by atoms with Crippen LogP contribution >= 0.6 is 12.4 Å². The van der Waals surface area contributed by atoms with Gasteiger partial charge in [-0.25, -0.2) is 4.98 Å². The maximum absolute atomic E-state index is 11.8. The number of nitrogens with two attached hydrogens (primary N) is 1. The maximum Gasteiger partial charge on any atom is 0.269 e. The number of carbonyl (C=O) groups excluding carboxylic acids is 1. The second-order valence-corrected chi connectivity index (χ2v) is 5.00. The number of carbonyl (C=O) groups is 1. The Morgan fingerprint density at radius 1 is 1.32 bits per heavy atom. The summed E-state index contributed by atoms with van der Waals surface area (Å²) in [7, 11) is 0. The molecule has 1 amide bonds. The van der Waals surface area contributed by atoms with E-state index < -0.39 is 0 Å². The topological polar surface area (TPSA) is 68.0 Å². The van der Waals surface area contributed by atoms with Crippen molar-refractivity contribution in [2.75, 3.05) is 12.3 Å². The summed E-state index contributed by atoms with van der Waals surface area (Å²) in [5, 5.41) is 2.92. The van der Waals surface area contributed by atoms with Crippen molar-refractivity contribution in [2.45, 2.75) is 38.5 Å². The normalized spacial score (nSPS) is 15.6. The smallest absolute Gasteiger partial charge is 0.269 e. The van der Waals surface area contributed by atoms with Crippen molar-refractivity contribution in [1.82, 2.24) is 10.3 Å². The first-order valence-corrected chi connectivity index (χ1v) is 6.76. The van der Waals surface area contributed by atoms with Crippen LogP contribution in [0.1, 0.15) is 49.0 Å². The van der Waals surface area contributed by atoms with Crippen LogP contribution in [-0.2, 0) is 0 Å². The van der Waals surface area contributed by atoms with Gasteiger partial charge in [-0.1, -0.05) is 38.2 Å². The van der Waals surface area contributed by atoms with Gasteiger partial charge in [-0.15, -0.1) is 12.4 Å². The standard InChI is InChI=1S/C14H21N3O.ClH/c15-13-8-4-7-12(17-13)14(18)16-10-9-11-5-2-1-3-6-11;/h4,7-8,11H,1-3,5-6,9-10H2,(H2,15,17)(H,16,18);1H. The van der Waals surface area contributed by atoms with Crippen LogP contribution in [0.2, 0.25) is 0 Å². The molecular formula is C14H22ClN3O. The number of halogens is 1. The fourth-order valence-corrected chi connectivity index (χ4v) is 2.53. The van der Waals surface area contributed by atoms with Crippen molar-refractivity contribution < 1.29 is 4.79 Å². The number of nitrogens with one attached hydrogen (secondary N) is 1. The third-order valence-corrected chi connectivity index (χ3v) is 3.57. The first kappa shape index (κ1) is 15.8. The van der Waals surface area contributed by atoms with Crippen molar-refractivity contribution >= 4 is 24.1 Å². The highest BCUT2D eigenvalue weighted by molar-refractivity contribution is 5.92. The molecule has 2 rings (SSSR count). The molecule has 4 nitrogen and oxygen atoms in total. The Bertz CT molecular complexity index is 405. The van der Waals surface area contributed by atoms with E-state index in [1.807, 2.05) is 0 Å². The zero-order chi connectivity index (χ0) is 12.8. The zero-order valence-corrected chi connectivity index (χ0v) is 11.9. The van der Waals surface area contributed by atoms with E-state index in [0.29, 0.717) is 11.5 Å². The van der Waals surface area contributed by atoms with Gasteiger partial charge in [0.05, 0.1) is 0 Å². The highest BCUT2D eigenvalue weighted by atomic mass is 35.5. The summed E-state index contributed by atoms with van der Waals surface area (Å²) in [5.74, 6) is 1.04. The Hall–Kier alpha value is -1.29. The van der Waals surface area contributed by atoms with Crippen LogP contribution in [0.4, 0.5) is 5.82 Å². The second-order valence-electron chi connectivity index (χ2n) is 5.00. The monoisotopic (exact) mass is 283 g/mol. The Labute approximate surface area is 120 Å². The number of anilines is 1. The van der Waals surface area contributed by atoms with Crippen LogP contribution in [0.25, 0.3) is 0 Å². The van der Waals surface area contributed by atoms with Crippen LogP contribution in [0.3, 0.4) is 0 Å². The van der Waals surface area contributed by atoms with Crippen LogP contribution in [-0.4, -0.2) is 17.4 Å². The van der Waals surface area contributed by atoms with Crippen LogP contribution in [0, 0.1) is 5.92 Å². The van der Waals surface area contributed by atoms with E-state index in [2.05, 4.69) is 10.3 Å². The fraction of sp³-hybridized carbons (Fsp3) is 0.571. The molecule has 106 valence electrons. The molecule has 0 spiro atoms. The first-order valence-electron chi connectivity index (χ1n) is 6.76. The highest BCUT2D eigenvalue weighted by Crippen LogP contribution is 2.25. The Morgan fingerprint density at radius 2 is 2.05 bits per heavy atom. The number of nitrogens with zero attached hydrogens (tertiary/aromatic N) is 1. The molecule has 0 bridgehead atoms. The summed E-state index contributed by atoms with van der Waals surface area (Å²) >= 11 is 0. The predicted octanol–water partition coefficient (Wildman–Crippen LogP) is 2.79. The van der Waals surface area contributed by atoms with E-state index >= 15 is 0 Å². The first-order chi connectivity index (χ1) is 8.75. The van der Waals surface area contributed by atoms with Gasteiger partial charge in [0.15, 0.2) is 0 Å². The van der Waals surface area contributed by atoms with Crippen molar-refractivity contribution in [3.63, 3.8) is 0 Å². The molecule has 1 aliphatic carbocycles. The molecule has 0 aliphatic heterocycles. The van der Waals surface area contributed by atoms with Gasteiger partial charge in [0.1, 0.15) is 11.5 Å². The molecule has 1 saturated carbocycles. The minimum atomic E-state index is -0.127. The average molecular weight is 284 g/mol. The molecule has 5 heteroatoms. The molecule has 0 aromatic carbocycles. The molecule has 0 atom stereocenters. The van der Waals surface area contributed by atoms with E-state index in [0.717, 1.165) is 18.9 Å². The molecule has 1 heterocycles. The van der Waals surface area contributed by atoms with Gasteiger partial charge < -0.3 is 11.1 Å². The number of pyridine rings is 1. The van der Waals surface area contributed by atoms with Crippen molar-refractivity contribution in [1.29, 1.82) is 0 Å². The molecular weight excluding hydrogens is 262 g/mol. The number of amides is 1. The van der Waals surface area contributed by atoms with Crippen LogP contribution in [0.5, 0.6) is 0 Å². The van der Waals surface area contributed by atoms with E-state index in [-0.39, 0.29) is 18.3 Å². The number of hydrogen-bond acceptors (Lipinski definition) is 3.